The van der Waals surface area contributed by atoms with Gasteiger partial charge in [0.15, 0.2) is 5.78 Å². The van der Waals surface area contributed by atoms with E-state index in [2.05, 4.69) is 0 Å². The molecule has 80 valence electrons. The molecule has 2 unspecified atom stereocenters. The number of hydrogen-bond donors (Lipinski definition) is 0. The summed E-state index contributed by atoms with van der Waals surface area (Å²) in [4.78, 5) is 21.5. The monoisotopic (exact) mass is 202 g/mol. The normalized spacial score (nSPS) is 42.6. The maximum absolute atomic E-state index is 11.6. The number of ketones is 1. The minimum Gasteiger partial charge on any atom is -0.326 e. The van der Waals surface area contributed by atoms with Crippen molar-refractivity contribution in [3.8, 4) is 0 Å². The van der Waals surface area contributed by atoms with Gasteiger partial charge in [-0.2, -0.15) is 9.78 Å². The Bertz CT molecular complexity index is 250. The van der Waals surface area contributed by atoms with Gasteiger partial charge < -0.3 is 4.74 Å². The third-order valence-electron chi connectivity index (χ3n) is 2.44. The predicted octanol–water partition coefficient (Wildman–Crippen LogP) is 1.12. The van der Waals surface area contributed by atoms with E-state index in [0.29, 0.717) is 25.9 Å². The van der Waals surface area contributed by atoms with E-state index in [4.69, 9.17) is 19.2 Å². The van der Waals surface area contributed by atoms with Gasteiger partial charge in [0.25, 0.3) is 5.79 Å². The number of ether oxygens (including phenoxy) is 2. The quantitative estimate of drug-likeness (QED) is 0.628. The van der Waals surface area contributed by atoms with E-state index >= 15 is 0 Å². The minimum atomic E-state index is -1.29. The van der Waals surface area contributed by atoms with Crippen LogP contribution in [-0.2, 0) is 24.0 Å². The van der Waals surface area contributed by atoms with Crippen LogP contribution in [0.4, 0.5) is 0 Å². The van der Waals surface area contributed by atoms with E-state index < -0.39 is 11.8 Å². The summed E-state index contributed by atoms with van der Waals surface area (Å²) in [5.74, 6) is -2.56. The molecule has 5 nitrogen and oxygen atoms in total. The molecular weight excluding hydrogens is 188 g/mol. The molecule has 2 bridgehead atoms. The molecular formula is C9H14O5. The van der Waals surface area contributed by atoms with Gasteiger partial charge in [-0.3, -0.25) is 9.53 Å². The lowest BCUT2D eigenvalue weighted by Crippen LogP contribution is -2.39. The SMILES string of the molecule is CCOC12CCCC(=O)C(C)(OO1)O2. The van der Waals surface area contributed by atoms with Crippen molar-refractivity contribution in [3.63, 3.8) is 0 Å². The third-order valence-corrected chi connectivity index (χ3v) is 2.44. The number of hydrogen-bond acceptors (Lipinski definition) is 5. The first-order valence-electron chi connectivity index (χ1n) is 4.84. The van der Waals surface area contributed by atoms with Crippen LogP contribution in [0.5, 0.6) is 0 Å². The fraction of sp³-hybridized carbons (Fsp3) is 0.889. The molecule has 0 aromatic heterocycles. The maximum Gasteiger partial charge on any atom is 0.315 e. The highest BCUT2D eigenvalue weighted by Gasteiger charge is 2.57. The Morgan fingerprint density at radius 1 is 1.50 bits per heavy atom. The molecule has 0 saturated carbocycles. The van der Waals surface area contributed by atoms with Crippen molar-refractivity contribution in [2.75, 3.05) is 6.61 Å². The largest absolute Gasteiger partial charge is 0.326 e. The highest BCUT2D eigenvalue weighted by Crippen LogP contribution is 2.41. The molecule has 0 aliphatic carbocycles. The Labute approximate surface area is 82.2 Å². The lowest BCUT2D eigenvalue weighted by molar-refractivity contribution is -0.418. The smallest absolute Gasteiger partial charge is 0.315 e. The first-order chi connectivity index (χ1) is 6.60. The fourth-order valence-corrected chi connectivity index (χ4v) is 1.71. The number of carbonyl (C=O) groups is 1. The van der Waals surface area contributed by atoms with Crippen LogP contribution in [0.1, 0.15) is 33.1 Å². The highest BCUT2D eigenvalue weighted by molar-refractivity contribution is 5.85. The lowest BCUT2D eigenvalue weighted by Gasteiger charge is -2.23. The molecule has 0 radical (unpaired) electrons. The van der Waals surface area contributed by atoms with E-state index in [-0.39, 0.29) is 5.78 Å². The number of fused-ring (bicyclic) bond motifs is 2. The minimum absolute atomic E-state index is 0.100. The van der Waals surface area contributed by atoms with E-state index in [0.717, 1.165) is 0 Å². The zero-order valence-electron chi connectivity index (χ0n) is 8.37. The van der Waals surface area contributed by atoms with E-state index in [1.165, 1.54) is 0 Å². The van der Waals surface area contributed by atoms with Crippen LogP contribution < -0.4 is 0 Å². The second-order valence-electron chi connectivity index (χ2n) is 3.61. The molecule has 14 heavy (non-hydrogen) atoms. The molecule has 0 aromatic carbocycles. The summed E-state index contributed by atoms with van der Waals surface area (Å²) >= 11 is 0. The Morgan fingerprint density at radius 3 is 3.00 bits per heavy atom. The van der Waals surface area contributed by atoms with Crippen LogP contribution in [0.3, 0.4) is 0 Å². The lowest BCUT2D eigenvalue weighted by atomic mass is 10.1. The van der Waals surface area contributed by atoms with Gasteiger partial charge in [0, 0.05) is 26.4 Å². The van der Waals surface area contributed by atoms with Gasteiger partial charge in [-0.25, -0.2) is 0 Å². The molecule has 2 saturated heterocycles. The predicted molar refractivity (Wildman–Crippen MR) is 44.9 cm³/mol. The zero-order valence-corrected chi connectivity index (χ0v) is 8.37. The molecule has 2 heterocycles. The molecule has 5 heteroatoms. The van der Waals surface area contributed by atoms with Gasteiger partial charge in [-0.1, -0.05) is 0 Å². The van der Waals surface area contributed by atoms with Crippen LogP contribution in [0.15, 0.2) is 0 Å². The van der Waals surface area contributed by atoms with E-state index in [9.17, 15) is 4.79 Å². The zero-order chi connectivity index (χ0) is 10.2. The van der Waals surface area contributed by atoms with Gasteiger partial charge in [-0.15, -0.1) is 0 Å². The average molecular weight is 202 g/mol. The van der Waals surface area contributed by atoms with Gasteiger partial charge in [0.2, 0.25) is 0 Å². The summed E-state index contributed by atoms with van der Waals surface area (Å²) < 4.78 is 10.8. The van der Waals surface area contributed by atoms with Gasteiger partial charge in [0.05, 0.1) is 0 Å². The van der Waals surface area contributed by atoms with Crippen molar-refractivity contribution in [2.24, 2.45) is 0 Å². The molecule has 0 aromatic rings. The molecule has 2 aliphatic heterocycles. The Balaban J connectivity index is 2.20. The summed E-state index contributed by atoms with van der Waals surface area (Å²) in [6, 6.07) is 0. The molecule has 0 N–H and O–H groups in total. The van der Waals surface area contributed by atoms with Crippen molar-refractivity contribution in [2.45, 2.75) is 44.9 Å². The second kappa shape index (κ2) is 3.27. The Hall–Kier alpha value is -0.490. The molecule has 2 aliphatic rings. The van der Waals surface area contributed by atoms with Crippen molar-refractivity contribution in [1.82, 2.24) is 0 Å². The first kappa shape index (κ1) is 10.0. The third kappa shape index (κ3) is 1.46. The summed E-state index contributed by atoms with van der Waals surface area (Å²) in [5, 5.41) is 0. The van der Waals surface area contributed by atoms with Crippen molar-refractivity contribution >= 4 is 5.78 Å². The standard InChI is InChI=1S/C9H14O5/c1-3-11-9-6-4-5-7(10)8(2,12-9)13-14-9/h3-6H2,1-2H3. The number of carbonyl (C=O) groups excluding carboxylic acids is 1. The van der Waals surface area contributed by atoms with Gasteiger partial charge in [0.1, 0.15) is 0 Å². The van der Waals surface area contributed by atoms with Crippen molar-refractivity contribution in [1.29, 1.82) is 0 Å². The van der Waals surface area contributed by atoms with Crippen LogP contribution in [0.2, 0.25) is 0 Å². The Morgan fingerprint density at radius 2 is 2.29 bits per heavy atom. The van der Waals surface area contributed by atoms with Crippen LogP contribution in [0, 0.1) is 0 Å². The average Bonchev–Trinajstić information content (AvgIpc) is 2.40. The molecule has 0 amide bonds. The first-order valence-corrected chi connectivity index (χ1v) is 4.84. The summed E-state index contributed by atoms with van der Waals surface area (Å²) in [6.45, 7) is 3.85. The number of rotatable bonds is 2. The summed E-state index contributed by atoms with van der Waals surface area (Å²) in [6.07, 6.45) is 1.65. The Kier molecular flexibility index (Phi) is 2.35. The fourth-order valence-electron chi connectivity index (χ4n) is 1.71. The van der Waals surface area contributed by atoms with Gasteiger partial charge in [-0.05, 0) is 13.3 Å². The molecule has 2 fully saturated rings. The van der Waals surface area contributed by atoms with Crippen LogP contribution >= 0.6 is 0 Å². The molecule has 2 atom stereocenters. The van der Waals surface area contributed by atoms with Crippen molar-refractivity contribution in [3.05, 3.63) is 0 Å². The molecule has 2 rings (SSSR count). The summed E-state index contributed by atoms with van der Waals surface area (Å²) in [7, 11) is 0. The van der Waals surface area contributed by atoms with E-state index in [1.54, 1.807) is 6.92 Å². The topological polar surface area (TPSA) is 54.0 Å². The van der Waals surface area contributed by atoms with Crippen LogP contribution in [0.25, 0.3) is 0 Å². The number of Topliss-reactive ketones (excluding diaryl/α,β-unsaturated/α-hetero) is 1. The second-order valence-corrected chi connectivity index (χ2v) is 3.61. The van der Waals surface area contributed by atoms with Gasteiger partial charge >= 0.3 is 5.97 Å². The van der Waals surface area contributed by atoms with Crippen molar-refractivity contribution < 1.29 is 24.0 Å². The molecule has 0 spiro atoms. The summed E-state index contributed by atoms with van der Waals surface area (Å²) in [5.41, 5.74) is 0. The van der Waals surface area contributed by atoms with E-state index in [1.807, 2.05) is 6.92 Å². The maximum atomic E-state index is 11.6. The highest BCUT2D eigenvalue weighted by atomic mass is 17.3. The van der Waals surface area contributed by atoms with Crippen LogP contribution in [-0.4, -0.2) is 24.2 Å².